The SMILES string of the molecule is Cc1cc(CC[C@@H]2CN(C(=O)/C=C/c3ccccc3)CCO2)ncn1. The molecule has 1 aliphatic heterocycles. The number of benzene rings is 1. The van der Waals surface area contributed by atoms with Gasteiger partial charge in [-0.05, 0) is 37.5 Å². The highest BCUT2D eigenvalue weighted by Gasteiger charge is 2.22. The molecule has 0 spiro atoms. The molecule has 2 heterocycles. The minimum absolute atomic E-state index is 0.0371. The Morgan fingerprint density at radius 2 is 2.16 bits per heavy atom. The molecule has 0 saturated carbocycles. The van der Waals surface area contributed by atoms with Crippen LogP contribution in [-0.4, -0.2) is 46.6 Å². The van der Waals surface area contributed by atoms with Crippen molar-refractivity contribution in [2.75, 3.05) is 19.7 Å². The second-order valence-electron chi connectivity index (χ2n) is 6.21. The third kappa shape index (κ3) is 5.22. The van der Waals surface area contributed by atoms with Crippen LogP contribution in [0, 0.1) is 6.92 Å². The van der Waals surface area contributed by atoms with Crippen molar-refractivity contribution in [3.8, 4) is 0 Å². The van der Waals surface area contributed by atoms with Gasteiger partial charge in [-0.15, -0.1) is 0 Å². The molecule has 1 fully saturated rings. The molecular weight excluding hydrogens is 314 g/mol. The molecule has 1 aliphatic rings. The highest BCUT2D eigenvalue weighted by molar-refractivity contribution is 5.91. The maximum absolute atomic E-state index is 12.4. The summed E-state index contributed by atoms with van der Waals surface area (Å²) in [5.41, 5.74) is 3.01. The normalized spacial score (nSPS) is 17.8. The van der Waals surface area contributed by atoms with Gasteiger partial charge >= 0.3 is 0 Å². The van der Waals surface area contributed by atoms with E-state index in [1.165, 1.54) is 0 Å². The Morgan fingerprint density at radius 1 is 1.32 bits per heavy atom. The largest absolute Gasteiger partial charge is 0.375 e. The quantitative estimate of drug-likeness (QED) is 0.787. The van der Waals surface area contributed by atoms with E-state index in [1.54, 1.807) is 12.4 Å². The predicted molar refractivity (Wildman–Crippen MR) is 96.9 cm³/mol. The van der Waals surface area contributed by atoms with Gasteiger partial charge < -0.3 is 9.64 Å². The third-order valence-corrected chi connectivity index (χ3v) is 4.25. The lowest BCUT2D eigenvalue weighted by Gasteiger charge is -2.32. The van der Waals surface area contributed by atoms with Crippen LogP contribution in [0.1, 0.15) is 23.4 Å². The highest BCUT2D eigenvalue weighted by atomic mass is 16.5. The molecule has 1 atom stereocenters. The Balaban J connectivity index is 1.52. The van der Waals surface area contributed by atoms with Crippen LogP contribution in [0.15, 0.2) is 48.8 Å². The second kappa shape index (κ2) is 8.53. The second-order valence-corrected chi connectivity index (χ2v) is 6.21. The Kier molecular flexibility index (Phi) is 5.90. The molecule has 5 heteroatoms. The molecule has 5 nitrogen and oxygen atoms in total. The van der Waals surface area contributed by atoms with Gasteiger partial charge in [0, 0.05) is 30.6 Å². The van der Waals surface area contributed by atoms with Crippen LogP contribution >= 0.6 is 0 Å². The number of amides is 1. The number of morpholine rings is 1. The molecule has 3 rings (SSSR count). The van der Waals surface area contributed by atoms with Crippen molar-refractivity contribution < 1.29 is 9.53 Å². The number of hydrogen-bond donors (Lipinski definition) is 0. The van der Waals surface area contributed by atoms with E-state index in [0.29, 0.717) is 19.7 Å². The van der Waals surface area contributed by atoms with Crippen molar-refractivity contribution in [1.29, 1.82) is 0 Å². The van der Waals surface area contributed by atoms with Gasteiger partial charge in [-0.1, -0.05) is 30.3 Å². The van der Waals surface area contributed by atoms with E-state index >= 15 is 0 Å². The smallest absolute Gasteiger partial charge is 0.246 e. The summed E-state index contributed by atoms with van der Waals surface area (Å²) in [5.74, 6) is 0.0371. The van der Waals surface area contributed by atoms with Gasteiger partial charge in [0.1, 0.15) is 6.33 Å². The summed E-state index contributed by atoms with van der Waals surface area (Å²) in [7, 11) is 0. The molecule has 0 N–H and O–H groups in total. The van der Waals surface area contributed by atoms with Crippen molar-refractivity contribution in [1.82, 2.24) is 14.9 Å². The summed E-state index contributed by atoms with van der Waals surface area (Å²) in [4.78, 5) is 22.7. The molecule has 0 aliphatic carbocycles. The number of hydrogen-bond acceptors (Lipinski definition) is 4. The fourth-order valence-electron chi connectivity index (χ4n) is 2.89. The first-order valence-corrected chi connectivity index (χ1v) is 8.62. The average molecular weight is 337 g/mol. The van der Waals surface area contributed by atoms with Gasteiger partial charge in [-0.3, -0.25) is 4.79 Å². The van der Waals surface area contributed by atoms with E-state index < -0.39 is 0 Å². The van der Waals surface area contributed by atoms with Gasteiger partial charge in [-0.25, -0.2) is 9.97 Å². The lowest BCUT2D eigenvalue weighted by atomic mass is 10.1. The lowest BCUT2D eigenvalue weighted by Crippen LogP contribution is -2.45. The van der Waals surface area contributed by atoms with Crippen LogP contribution < -0.4 is 0 Å². The molecule has 1 aromatic carbocycles. The standard InChI is InChI=1S/C20H23N3O2/c1-16-13-18(22-15-21-16)8-9-19-14-23(11-12-25-19)20(24)10-7-17-5-3-2-4-6-17/h2-7,10,13,15,19H,8-9,11-12,14H2,1H3/b10-7+/t19-/m1/s1. The van der Waals surface area contributed by atoms with Crippen molar-refractivity contribution in [3.63, 3.8) is 0 Å². The Labute approximate surface area is 148 Å². The Bertz CT molecular complexity index is 731. The van der Waals surface area contributed by atoms with Crippen LogP contribution in [0.2, 0.25) is 0 Å². The number of ether oxygens (including phenoxy) is 1. The van der Waals surface area contributed by atoms with Gasteiger partial charge in [0.15, 0.2) is 0 Å². The summed E-state index contributed by atoms with van der Waals surface area (Å²) in [6, 6.07) is 11.8. The topological polar surface area (TPSA) is 55.3 Å². The first-order chi connectivity index (χ1) is 12.2. The minimum atomic E-state index is 0.0371. The first-order valence-electron chi connectivity index (χ1n) is 8.62. The number of aromatic nitrogens is 2. The van der Waals surface area contributed by atoms with Crippen molar-refractivity contribution in [2.45, 2.75) is 25.9 Å². The third-order valence-electron chi connectivity index (χ3n) is 4.25. The molecule has 2 aromatic rings. The van der Waals surface area contributed by atoms with E-state index in [0.717, 1.165) is 29.8 Å². The summed E-state index contributed by atoms with van der Waals surface area (Å²) >= 11 is 0. The Hall–Kier alpha value is -2.53. The Morgan fingerprint density at radius 3 is 2.96 bits per heavy atom. The monoisotopic (exact) mass is 337 g/mol. The fourth-order valence-corrected chi connectivity index (χ4v) is 2.89. The van der Waals surface area contributed by atoms with Crippen molar-refractivity contribution in [3.05, 3.63) is 65.8 Å². The lowest BCUT2D eigenvalue weighted by molar-refractivity contribution is -0.133. The van der Waals surface area contributed by atoms with Crippen LogP contribution in [0.4, 0.5) is 0 Å². The van der Waals surface area contributed by atoms with Crippen LogP contribution in [-0.2, 0) is 16.0 Å². The van der Waals surface area contributed by atoms with Gasteiger partial charge in [0.05, 0.1) is 12.7 Å². The molecule has 1 saturated heterocycles. The number of nitrogens with zero attached hydrogens (tertiary/aromatic N) is 3. The molecule has 0 radical (unpaired) electrons. The van der Waals surface area contributed by atoms with E-state index in [4.69, 9.17) is 4.74 Å². The molecule has 1 aromatic heterocycles. The number of carbonyl (C=O) groups is 1. The average Bonchev–Trinajstić information content (AvgIpc) is 2.65. The zero-order valence-corrected chi connectivity index (χ0v) is 14.5. The van der Waals surface area contributed by atoms with Gasteiger partial charge in [0.2, 0.25) is 5.91 Å². The molecule has 25 heavy (non-hydrogen) atoms. The van der Waals surface area contributed by atoms with E-state index in [1.807, 2.05) is 54.3 Å². The predicted octanol–water partition coefficient (Wildman–Crippen LogP) is 2.66. The van der Waals surface area contributed by atoms with Crippen LogP contribution in [0.3, 0.4) is 0 Å². The van der Waals surface area contributed by atoms with Gasteiger partial charge in [-0.2, -0.15) is 0 Å². The van der Waals surface area contributed by atoms with Crippen molar-refractivity contribution >= 4 is 12.0 Å². The number of aryl methyl sites for hydroxylation is 2. The fraction of sp³-hybridized carbons (Fsp3) is 0.350. The number of rotatable bonds is 5. The molecular formula is C20H23N3O2. The minimum Gasteiger partial charge on any atom is -0.375 e. The van der Waals surface area contributed by atoms with Gasteiger partial charge in [0.25, 0.3) is 0 Å². The zero-order valence-electron chi connectivity index (χ0n) is 14.5. The maximum atomic E-state index is 12.4. The van der Waals surface area contributed by atoms with E-state index in [2.05, 4.69) is 9.97 Å². The maximum Gasteiger partial charge on any atom is 0.246 e. The van der Waals surface area contributed by atoms with E-state index in [9.17, 15) is 4.79 Å². The van der Waals surface area contributed by atoms with E-state index in [-0.39, 0.29) is 12.0 Å². The number of carbonyl (C=O) groups excluding carboxylic acids is 1. The summed E-state index contributed by atoms with van der Waals surface area (Å²) in [6.45, 7) is 3.81. The summed E-state index contributed by atoms with van der Waals surface area (Å²) in [6.07, 6.45) is 6.83. The van der Waals surface area contributed by atoms with Crippen LogP contribution in [0.25, 0.3) is 6.08 Å². The van der Waals surface area contributed by atoms with Crippen LogP contribution in [0.5, 0.6) is 0 Å². The molecule has 0 bridgehead atoms. The first kappa shape index (κ1) is 17.3. The summed E-state index contributed by atoms with van der Waals surface area (Å²) in [5, 5.41) is 0. The zero-order chi connectivity index (χ0) is 17.5. The van der Waals surface area contributed by atoms with Crippen molar-refractivity contribution in [2.24, 2.45) is 0 Å². The highest BCUT2D eigenvalue weighted by Crippen LogP contribution is 2.13. The molecule has 130 valence electrons. The molecule has 1 amide bonds. The summed E-state index contributed by atoms with van der Waals surface area (Å²) < 4.78 is 5.81. The molecule has 0 unspecified atom stereocenters.